The lowest BCUT2D eigenvalue weighted by molar-refractivity contribution is -0.137. The number of methoxy groups -OCH3 is 1. The fourth-order valence-electron chi connectivity index (χ4n) is 9.06. The molecule has 3 heterocycles. The van der Waals surface area contributed by atoms with Gasteiger partial charge in [0.15, 0.2) is 6.54 Å². The minimum atomic E-state index is -4.92. The number of amides is 3. The number of benzene rings is 2. The van der Waals surface area contributed by atoms with E-state index in [1.54, 1.807) is 32.3 Å². The van der Waals surface area contributed by atoms with Crippen molar-refractivity contribution >= 4 is 59.8 Å². The van der Waals surface area contributed by atoms with Crippen molar-refractivity contribution in [2.45, 2.75) is 88.4 Å². The van der Waals surface area contributed by atoms with E-state index in [1.807, 2.05) is 33.7 Å². The topological polar surface area (TPSA) is 294 Å². The van der Waals surface area contributed by atoms with E-state index >= 15 is 0 Å². The summed E-state index contributed by atoms with van der Waals surface area (Å²) in [6.07, 6.45) is 9.48. The number of anilines is 1. The maximum Gasteiger partial charge on any atom is 0.253 e. The molecular weight excluding hydrogens is 1050 g/mol. The van der Waals surface area contributed by atoms with Gasteiger partial charge in [0.25, 0.3) is 11.8 Å². The van der Waals surface area contributed by atoms with Crippen LogP contribution in [0, 0.1) is 0 Å². The molecule has 0 saturated carbocycles. The largest absolute Gasteiger partial charge is 0.748 e. The summed E-state index contributed by atoms with van der Waals surface area (Å²) in [5.41, 5.74) is 1.92. The van der Waals surface area contributed by atoms with E-state index in [-0.39, 0.29) is 63.2 Å². The summed E-state index contributed by atoms with van der Waals surface area (Å²) in [4.78, 5) is 38.9. The van der Waals surface area contributed by atoms with Crippen molar-refractivity contribution in [2.24, 2.45) is 0 Å². The Morgan fingerprint density at radius 2 is 1.41 bits per heavy atom. The van der Waals surface area contributed by atoms with Gasteiger partial charge in [0.2, 0.25) is 11.3 Å². The number of carbonyl (C=O) groups is 3. The Morgan fingerprint density at radius 1 is 0.763 bits per heavy atom. The molecule has 1 N–H and O–H groups in total. The molecule has 420 valence electrons. The number of rotatable bonds is 32. The Morgan fingerprint density at radius 3 is 2.04 bits per heavy atom. The summed E-state index contributed by atoms with van der Waals surface area (Å²) in [7, 11) is -12.4. The lowest BCUT2D eigenvalue weighted by atomic mass is 9.77. The molecule has 4 aliphatic rings. The minimum absolute atomic E-state index is 0.0420. The summed E-state index contributed by atoms with van der Waals surface area (Å²) in [5.74, 6) is -1.42. The molecule has 0 aromatic heterocycles. The van der Waals surface area contributed by atoms with Crippen LogP contribution in [-0.4, -0.2) is 159 Å². The second-order valence-corrected chi connectivity index (χ2v) is 24.1. The van der Waals surface area contributed by atoms with Gasteiger partial charge in [0.1, 0.15) is 34.8 Å². The van der Waals surface area contributed by atoms with Crippen molar-refractivity contribution in [3.63, 3.8) is 0 Å². The molecule has 0 saturated heterocycles. The fraction of sp³-hybridized carbons (Fsp3) is 0.538. The van der Waals surface area contributed by atoms with E-state index < -0.39 is 64.0 Å². The quantitative estimate of drug-likeness (QED) is 0.0404. The third-order valence-corrected chi connectivity index (χ3v) is 15.3. The summed E-state index contributed by atoms with van der Waals surface area (Å²) in [6, 6.07) is 11.6. The van der Waals surface area contributed by atoms with Gasteiger partial charge in [-0.25, -0.2) is 29.8 Å². The average molecular weight is 1120 g/mol. The van der Waals surface area contributed by atoms with Crippen LogP contribution in [0.3, 0.4) is 0 Å². The van der Waals surface area contributed by atoms with Gasteiger partial charge in [-0.1, -0.05) is 33.3 Å². The van der Waals surface area contributed by atoms with Crippen molar-refractivity contribution in [2.75, 3.05) is 102 Å². The number of nitrogens with one attached hydrogen (secondary N) is 1. The van der Waals surface area contributed by atoms with Crippen molar-refractivity contribution < 1.29 is 76.7 Å². The predicted molar refractivity (Wildman–Crippen MR) is 280 cm³/mol. The number of unbranched alkanes of at least 4 members (excludes halogenated alkanes) is 2. The monoisotopic (exact) mass is 1120 g/mol. The standard InChI is InChI=1S/C52H72N4O17S3/c1-51(2,3)43-37-40(73-46-36-39(15-17-42(43)46)54(23-11-35-75(63,64)65)26-27-70-30-31-72-33-32-71-29-28-69-5)12-9-13-47-52(4,21-10-34-74(60,61)62)44-38-41(76(66,67)68)16-18-45(44)55(47)24-8-6-7-14-48(57)53-22-25-56-49(58)19-20-50(56)59/h9,12-13,15-20,36-38H,6-8,10-11,14,21-35H2,1-5H3,(H3-,53,57,60,61,62,63,64,65,66,67,68)/p-2. The Labute approximate surface area is 446 Å². The highest BCUT2D eigenvalue weighted by atomic mass is 32.2. The molecule has 76 heavy (non-hydrogen) atoms. The van der Waals surface area contributed by atoms with Gasteiger partial charge < -0.3 is 47.2 Å². The van der Waals surface area contributed by atoms with Crippen LogP contribution in [0.25, 0.3) is 17.4 Å². The number of hydrogen-bond acceptors (Lipinski definition) is 18. The van der Waals surface area contributed by atoms with Crippen LogP contribution < -0.4 is 20.1 Å². The van der Waals surface area contributed by atoms with E-state index in [2.05, 4.69) is 26.1 Å². The second-order valence-electron chi connectivity index (χ2n) is 19.6. The van der Waals surface area contributed by atoms with E-state index in [9.17, 15) is 53.3 Å². The van der Waals surface area contributed by atoms with Crippen molar-refractivity contribution in [1.29, 1.82) is 0 Å². The smallest absolute Gasteiger partial charge is 0.253 e. The van der Waals surface area contributed by atoms with Gasteiger partial charge in [0.05, 0.1) is 70.8 Å². The molecule has 24 heteroatoms. The van der Waals surface area contributed by atoms with Crippen molar-refractivity contribution in [1.82, 2.24) is 14.8 Å². The zero-order valence-corrected chi connectivity index (χ0v) is 46.2. The molecule has 1 unspecified atom stereocenters. The number of imide groups is 1. The van der Waals surface area contributed by atoms with Gasteiger partial charge in [-0.05, 0) is 91.6 Å². The highest BCUT2D eigenvalue weighted by molar-refractivity contribution is 7.86. The molecule has 1 aromatic carbocycles. The molecule has 1 atom stereocenters. The maximum atomic E-state index is 12.7. The van der Waals surface area contributed by atoms with Crippen molar-refractivity contribution in [3.05, 3.63) is 94.7 Å². The molecule has 0 spiro atoms. The number of nitrogens with zero attached hydrogens (tertiary/aromatic N) is 3. The first-order valence-electron chi connectivity index (χ1n) is 25.1. The van der Waals surface area contributed by atoms with Crippen LogP contribution in [0.4, 0.5) is 5.69 Å². The van der Waals surface area contributed by atoms with E-state index in [0.717, 1.165) is 16.0 Å². The zero-order valence-electron chi connectivity index (χ0n) is 43.8. The molecule has 21 nitrogen and oxygen atoms in total. The van der Waals surface area contributed by atoms with Crippen molar-refractivity contribution in [3.8, 4) is 11.3 Å². The van der Waals surface area contributed by atoms with Crippen LogP contribution in [0.1, 0.15) is 89.5 Å². The van der Waals surface area contributed by atoms with Crippen LogP contribution in [0.2, 0.25) is 0 Å². The van der Waals surface area contributed by atoms with E-state index in [0.29, 0.717) is 106 Å². The first kappa shape index (κ1) is 61.7. The Balaban J connectivity index is 1.45. The molecule has 3 amide bonds. The summed E-state index contributed by atoms with van der Waals surface area (Å²) >= 11 is 0. The Bertz CT molecular complexity index is 2960. The highest BCUT2D eigenvalue weighted by Crippen LogP contribution is 2.51. The molecule has 0 radical (unpaired) electrons. The zero-order chi connectivity index (χ0) is 55.7. The fourth-order valence-corrected chi connectivity index (χ4v) is 10.5. The molecular formula is C52H70N4O17S3-2. The second kappa shape index (κ2) is 27.9. The van der Waals surface area contributed by atoms with E-state index in [1.165, 1.54) is 30.4 Å². The normalized spacial score (nSPS) is 17.2. The number of fused-ring (bicyclic) bond motifs is 2. The number of allylic oxidation sites excluding steroid dienone is 3. The molecule has 1 aliphatic carbocycles. The van der Waals surface area contributed by atoms with Crippen LogP contribution >= 0.6 is 0 Å². The summed E-state index contributed by atoms with van der Waals surface area (Å²) < 4.78 is 138. The number of carbonyl (C=O) groups excluding carboxylic acids is 3. The third-order valence-electron chi connectivity index (χ3n) is 12.9. The first-order chi connectivity index (χ1) is 35.8. The number of hydrogen-bond donors (Lipinski definition) is 1. The van der Waals surface area contributed by atoms with Gasteiger partial charge in [-0.2, -0.15) is 0 Å². The lowest BCUT2D eigenvalue weighted by Gasteiger charge is -2.31. The first-order valence-corrected chi connectivity index (χ1v) is 29.7. The van der Waals surface area contributed by atoms with E-state index in [4.69, 9.17) is 23.4 Å². The minimum Gasteiger partial charge on any atom is -0.748 e. The van der Waals surface area contributed by atoms with Crippen LogP contribution in [-0.2, 0) is 74.5 Å². The van der Waals surface area contributed by atoms with Gasteiger partial charge in [-0.15, -0.1) is 0 Å². The predicted octanol–water partition coefficient (Wildman–Crippen LogP) is 3.59. The van der Waals surface area contributed by atoms with Gasteiger partial charge in [0, 0.05) is 91.7 Å². The van der Waals surface area contributed by atoms with Crippen LogP contribution in [0.5, 0.6) is 0 Å². The van der Waals surface area contributed by atoms with Crippen LogP contribution in [0.15, 0.2) is 81.8 Å². The summed E-state index contributed by atoms with van der Waals surface area (Å²) in [6.45, 7) is 11.7. The lowest BCUT2D eigenvalue weighted by Crippen LogP contribution is -2.38. The van der Waals surface area contributed by atoms with Gasteiger partial charge in [-0.3, -0.25) is 19.3 Å². The average Bonchev–Trinajstić information content (AvgIpc) is 3.78. The maximum absolute atomic E-state index is 12.7. The highest BCUT2D eigenvalue weighted by Gasteiger charge is 2.43. The number of ether oxygens (including phenoxy) is 4. The molecule has 1 aromatic rings. The molecule has 3 aliphatic heterocycles. The van der Waals surface area contributed by atoms with Gasteiger partial charge >= 0.3 is 0 Å². The Kier molecular flexibility index (Phi) is 22.7. The Hall–Kier alpha value is -5.15. The summed E-state index contributed by atoms with van der Waals surface area (Å²) in [5, 5.41) is 3.42. The molecule has 0 bridgehead atoms. The molecule has 0 fully saturated rings. The molecule has 5 rings (SSSR count). The third kappa shape index (κ3) is 18.8. The SMILES string of the molecule is COCCOCCOCCOCC[N+](CCCS(=O)(=O)[O-])=c1ccc2c(C(C)(C)C)cc(/C=C/C=C3/N(CCCCCC(=O)NCCN4C(=O)C=CC4=O)c4ccc(S(=O)(=O)[O-])cc4C3(C)CCCS(=O)(=O)[O-])oc-2c1.